The van der Waals surface area contributed by atoms with E-state index in [1.807, 2.05) is 4.90 Å². The molecule has 0 atom stereocenters. The summed E-state index contributed by atoms with van der Waals surface area (Å²) in [7, 11) is 1.57. The van der Waals surface area contributed by atoms with E-state index in [0.29, 0.717) is 30.4 Å². The average Bonchev–Trinajstić information content (AvgIpc) is 3.31. The molecule has 20 heavy (non-hydrogen) atoms. The minimum atomic E-state index is -0.104. The molecule has 0 N–H and O–H groups in total. The zero-order chi connectivity index (χ0) is 14.1. The van der Waals surface area contributed by atoms with Gasteiger partial charge in [0.2, 0.25) is 5.91 Å². The molecule has 3 rings (SSSR count). The van der Waals surface area contributed by atoms with Gasteiger partial charge in [0.25, 0.3) is 5.91 Å². The zero-order valence-corrected chi connectivity index (χ0v) is 11.5. The van der Waals surface area contributed by atoms with Crippen molar-refractivity contribution in [2.75, 3.05) is 26.7 Å². The summed E-state index contributed by atoms with van der Waals surface area (Å²) in [6.45, 7) is 1.45. The molecule has 0 bridgehead atoms. The number of methoxy groups -OCH3 is 1. The molecule has 1 aromatic carbocycles. The lowest BCUT2D eigenvalue weighted by Crippen LogP contribution is -2.52. The van der Waals surface area contributed by atoms with Gasteiger partial charge in [-0.25, -0.2) is 0 Å². The quantitative estimate of drug-likeness (QED) is 0.830. The van der Waals surface area contributed by atoms with Crippen LogP contribution in [0.5, 0.6) is 5.75 Å². The summed E-state index contributed by atoms with van der Waals surface area (Å²) < 4.78 is 5.12. The first-order valence-corrected chi connectivity index (χ1v) is 6.92. The van der Waals surface area contributed by atoms with Crippen LogP contribution in [0, 0.1) is 0 Å². The van der Waals surface area contributed by atoms with Crippen LogP contribution in [0.3, 0.4) is 0 Å². The summed E-state index contributed by atoms with van der Waals surface area (Å²) in [5.74, 6) is 0.612. The van der Waals surface area contributed by atoms with Crippen molar-refractivity contribution < 1.29 is 14.3 Å². The van der Waals surface area contributed by atoms with Crippen LogP contribution < -0.4 is 4.74 Å². The number of nitrogens with zero attached hydrogens (tertiary/aromatic N) is 2. The van der Waals surface area contributed by atoms with Crippen molar-refractivity contribution >= 4 is 11.8 Å². The SMILES string of the molecule is COc1cccc(C(=O)N2CCN(C3CC3)C(=O)C2)c1. The van der Waals surface area contributed by atoms with E-state index in [2.05, 4.69) is 0 Å². The minimum absolute atomic E-state index is 0.0648. The summed E-state index contributed by atoms with van der Waals surface area (Å²) in [6.07, 6.45) is 2.21. The monoisotopic (exact) mass is 274 g/mol. The molecule has 1 saturated carbocycles. The predicted octanol–water partition coefficient (Wildman–Crippen LogP) is 1.14. The molecule has 106 valence electrons. The van der Waals surface area contributed by atoms with Crippen LogP contribution in [0.25, 0.3) is 0 Å². The Labute approximate surface area is 118 Å². The van der Waals surface area contributed by atoms with Crippen molar-refractivity contribution in [1.29, 1.82) is 0 Å². The third-order valence-corrected chi connectivity index (χ3v) is 3.85. The van der Waals surface area contributed by atoms with Crippen LogP contribution in [0.15, 0.2) is 24.3 Å². The summed E-state index contributed by atoms with van der Waals surface area (Å²) in [6, 6.07) is 7.47. The number of ether oxygens (including phenoxy) is 1. The van der Waals surface area contributed by atoms with Gasteiger partial charge < -0.3 is 14.5 Å². The maximum absolute atomic E-state index is 12.4. The molecule has 1 aliphatic heterocycles. The zero-order valence-electron chi connectivity index (χ0n) is 11.5. The first-order valence-electron chi connectivity index (χ1n) is 6.92. The Hall–Kier alpha value is -2.04. The Bertz CT molecular complexity index is 540. The molecule has 0 unspecified atom stereocenters. The third kappa shape index (κ3) is 2.48. The Morgan fingerprint density at radius 3 is 2.75 bits per heavy atom. The van der Waals surface area contributed by atoms with Crippen LogP contribution >= 0.6 is 0 Å². The van der Waals surface area contributed by atoms with Crippen molar-refractivity contribution in [3.05, 3.63) is 29.8 Å². The number of rotatable bonds is 3. The van der Waals surface area contributed by atoms with E-state index in [4.69, 9.17) is 4.74 Å². The van der Waals surface area contributed by atoms with Gasteiger partial charge in [0.05, 0.1) is 7.11 Å². The van der Waals surface area contributed by atoms with Gasteiger partial charge in [0.15, 0.2) is 0 Å². The number of carbonyl (C=O) groups excluding carboxylic acids is 2. The molecule has 1 aliphatic carbocycles. The molecule has 0 radical (unpaired) electrons. The smallest absolute Gasteiger partial charge is 0.254 e. The van der Waals surface area contributed by atoms with E-state index < -0.39 is 0 Å². The molecule has 5 heteroatoms. The lowest BCUT2D eigenvalue weighted by molar-refractivity contribution is -0.135. The third-order valence-electron chi connectivity index (χ3n) is 3.85. The molecular formula is C15H18N2O3. The first-order chi connectivity index (χ1) is 9.69. The molecule has 1 saturated heterocycles. The Morgan fingerprint density at radius 2 is 2.10 bits per heavy atom. The number of hydrogen-bond acceptors (Lipinski definition) is 3. The Balaban J connectivity index is 1.69. The largest absolute Gasteiger partial charge is 0.497 e. The topological polar surface area (TPSA) is 49.9 Å². The van der Waals surface area contributed by atoms with E-state index in [-0.39, 0.29) is 18.4 Å². The van der Waals surface area contributed by atoms with Crippen LogP contribution in [0.4, 0.5) is 0 Å². The highest BCUT2D eigenvalue weighted by Gasteiger charge is 2.36. The summed E-state index contributed by atoms with van der Waals surface area (Å²) in [5.41, 5.74) is 0.567. The van der Waals surface area contributed by atoms with Crippen molar-refractivity contribution in [3.8, 4) is 5.75 Å². The number of benzene rings is 1. The minimum Gasteiger partial charge on any atom is -0.497 e. The van der Waals surface area contributed by atoms with E-state index >= 15 is 0 Å². The summed E-state index contributed by atoms with van der Waals surface area (Å²) in [4.78, 5) is 28.0. The van der Waals surface area contributed by atoms with Crippen molar-refractivity contribution in [2.45, 2.75) is 18.9 Å². The standard InChI is InChI=1S/C15H18N2O3/c1-20-13-4-2-3-11(9-13)15(19)16-7-8-17(12-5-6-12)14(18)10-16/h2-4,9,12H,5-8,10H2,1H3. The van der Waals surface area contributed by atoms with Crippen LogP contribution in [0.1, 0.15) is 23.2 Å². The second kappa shape index (κ2) is 5.15. The summed E-state index contributed by atoms with van der Waals surface area (Å²) >= 11 is 0. The highest BCUT2D eigenvalue weighted by atomic mass is 16.5. The molecule has 2 fully saturated rings. The fourth-order valence-electron chi connectivity index (χ4n) is 2.57. The van der Waals surface area contributed by atoms with E-state index in [0.717, 1.165) is 12.8 Å². The van der Waals surface area contributed by atoms with E-state index in [1.54, 1.807) is 36.3 Å². The fourth-order valence-corrected chi connectivity index (χ4v) is 2.57. The number of hydrogen-bond donors (Lipinski definition) is 0. The predicted molar refractivity (Wildman–Crippen MR) is 73.6 cm³/mol. The van der Waals surface area contributed by atoms with Gasteiger partial charge in [-0.1, -0.05) is 6.07 Å². The number of amides is 2. The van der Waals surface area contributed by atoms with Crippen molar-refractivity contribution in [1.82, 2.24) is 9.80 Å². The van der Waals surface area contributed by atoms with E-state index in [9.17, 15) is 9.59 Å². The molecule has 1 aromatic rings. The maximum Gasteiger partial charge on any atom is 0.254 e. The van der Waals surface area contributed by atoms with Gasteiger partial charge in [0.1, 0.15) is 12.3 Å². The second-order valence-electron chi connectivity index (χ2n) is 5.28. The molecular weight excluding hydrogens is 256 g/mol. The van der Waals surface area contributed by atoms with Crippen molar-refractivity contribution in [3.63, 3.8) is 0 Å². The van der Waals surface area contributed by atoms with Gasteiger partial charge in [0, 0.05) is 24.7 Å². The normalized spacial score (nSPS) is 19.1. The molecule has 1 heterocycles. The van der Waals surface area contributed by atoms with Gasteiger partial charge in [-0.3, -0.25) is 9.59 Å². The lowest BCUT2D eigenvalue weighted by atomic mass is 10.1. The Morgan fingerprint density at radius 1 is 1.30 bits per heavy atom. The van der Waals surface area contributed by atoms with Gasteiger partial charge >= 0.3 is 0 Å². The lowest BCUT2D eigenvalue weighted by Gasteiger charge is -2.34. The molecule has 2 amide bonds. The highest BCUT2D eigenvalue weighted by Crippen LogP contribution is 2.28. The highest BCUT2D eigenvalue weighted by molar-refractivity contribution is 5.97. The molecule has 2 aliphatic rings. The maximum atomic E-state index is 12.4. The van der Waals surface area contributed by atoms with Crippen LogP contribution in [0.2, 0.25) is 0 Å². The molecule has 0 aromatic heterocycles. The number of carbonyl (C=O) groups is 2. The van der Waals surface area contributed by atoms with Crippen LogP contribution in [-0.4, -0.2) is 54.4 Å². The first kappa shape index (κ1) is 13.0. The molecule has 5 nitrogen and oxygen atoms in total. The van der Waals surface area contributed by atoms with Crippen molar-refractivity contribution in [2.24, 2.45) is 0 Å². The van der Waals surface area contributed by atoms with E-state index in [1.165, 1.54) is 0 Å². The average molecular weight is 274 g/mol. The number of piperazine rings is 1. The van der Waals surface area contributed by atoms with Gasteiger partial charge in [-0.05, 0) is 31.0 Å². The molecule has 0 spiro atoms. The second-order valence-corrected chi connectivity index (χ2v) is 5.28. The van der Waals surface area contributed by atoms with Gasteiger partial charge in [-0.15, -0.1) is 0 Å². The fraction of sp³-hybridized carbons (Fsp3) is 0.467. The van der Waals surface area contributed by atoms with Crippen LogP contribution in [-0.2, 0) is 4.79 Å². The Kier molecular flexibility index (Phi) is 3.34. The van der Waals surface area contributed by atoms with Gasteiger partial charge in [-0.2, -0.15) is 0 Å². The summed E-state index contributed by atoms with van der Waals surface area (Å²) in [5, 5.41) is 0.